The second kappa shape index (κ2) is 9.53. The number of piperidine rings is 1. The fraction of sp³-hybridized carbons (Fsp3) is 0.296. The number of carbonyl (C=O) groups excluding carboxylic acids is 1. The van der Waals surface area contributed by atoms with E-state index in [-0.39, 0.29) is 17.8 Å². The number of rotatable bonds is 4. The van der Waals surface area contributed by atoms with Crippen molar-refractivity contribution < 1.29 is 9.53 Å². The molecule has 9 nitrogen and oxygen atoms in total. The van der Waals surface area contributed by atoms with Gasteiger partial charge in [-0.3, -0.25) is 14.2 Å². The number of nitrogen functional groups attached to an aromatic ring is 1. The van der Waals surface area contributed by atoms with E-state index < -0.39 is 5.56 Å². The topological polar surface area (TPSA) is 106 Å². The van der Waals surface area contributed by atoms with Gasteiger partial charge in [-0.1, -0.05) is 18.2 Å². The zero-order valence-corrected chi connectivity index (χ0v) is 21.3. The predicted octanol–water partition coefficient (Wildman–Crippen LogP) is 3.38. The first-order chi connectivity index (χ1) is 18.0. The molecule has 1 fully saturated rings. The summed E-state index contributed by atoms with van der Waals surface area (Å²) in [5.74, 6) is 0.489. The number of fused-ring (bicyclic) bond motifs is 2. The molecule has 2 aromatic heterocycles. The summed E-state index contributed by atoms with van der Waals surface area (Å²) in [5.41, 5.74) is 8.72. The Morgan fingerprint density at radius 3 is 2.65 bits per heavy atom. The van der Waals surface area contributed by atoms with Crippen molar-refractivity contribution in [2.75, 3.05) is 43.9 Å². The van der Waals surface area contributed by atoms with Crippen LogP contribution in [0.1, 0.15) is 22.5 Å². The van der Waals surface area contributed by atoms with Gasteiger partial charge in [-0.2, -0.15) is 0 Å². The Bertz CT molecular complexity index is 1520. The molecular weight excluding hydrogens is 488 g/mol. The molecule has 4 heterocycles. The van der Waals surface area contributed by atoms with Crippen LogP contribution in [-0.2, 0) is 0 Å². The van der Waals surface area contributed by atoms with Crippen LogP contribution in [0.5, 0.6) is 5.75 Å². The molecule has 0 atom stereocenters. The fourth-order valence-corrected chi connectivity index (χ4v) is 5.92. The first kappa shape index (κ1) is 23.5. The maximum absolute atomic E-state index is 13.3. The Balaban J connectivity index is 1.39. The lowest BCUT2D eigenvalue weighted by atomic mass is 10.1. The van der Waals surface area contributed by atoms with Gasteiger partial charge in [0.05, 0.1) is 28.3 Å². The van der Waals surface area contributed by atoms with Gasteiger partial charge in [0.1, 0.15) is 17.2 Å². The number of nitrogens with zero attached hydrogens (tertiary/aromatic N) is 4. The van der Waals surface area contributed by atoms with Crippen LogP contribution >= 0.6 is 11.3 Å². The van der Waals surface area contributed by atoms with Crippen LogP contribution in [-0.4, -0.2) is 59.7 Å². The van der Waals surface area contributed by atoms with E-state index >= 15 is 0 Å². The molecule has 0 saturated carbocycles. The van der Waals surface area contributed by atoms with Crippen LogP contribution in [0.25, 0.3) is 16.0 Å². The summed E-state index contributed by atoms with van der Waals surface area (Å²) in [6.45, 7) is 3.16. The summed E-state index contributed by atoms with van der Waals surface area (Å²) in [7, 11) is 2.09. The van der Waals surface area contributed by atoms with E-state index in [1.807, 2.05) is 48.5 Å². The number of carbonyl (C=O) groups is 1. The number of hydrogen-bond donors (Lipinski definition) is 2. The van der Waals surface area contributed by atoms with Gasteiger partial charge in [0.15, 0.2) is 5.82 Å². The van der Waals surface area contributed by atoms with Gasteiger partial charge in [-0.05, 0) is 69.4 Å². The van der Waals surface area contributed by atoms with Gasteiger partial charge in [-0.25, -0.2) is 4.98 Å². The maximum atomic E-state index is 13.3. The van der Waals surface area contributed by atoms with Crippen molar-refractivity contribution in [3.63, 3.8) is 0 Å². The van der Waals surface area contributed by atoms with E-state index in [4.69, 9.17) is 10.5 Å². The number of ether oxygens (including phenoxy) is 1. The highest BCUT2D eigenvalue weighted by Crippen LogP contribution is 2.38. The SMILES string of the molecule is CN1CCC(NC(=O)c2cc3c(nc(N)c(=O)n3-c3ccc4c(c3)N(c3ccccc3)CCO4)s2)CC1. The fourth-order valence-electron chi connectivity index (χ4n) is 4.99. The van der Waals surface area contributed by atoms with E-state index in [0.29, 0.717) is 34.1 Å². The van der Waals surface area contributed by atoms with Crippen molar-refractivity contribution in [2.24, 2.45) is 0 Å². The third-order valence-electron chi connectivity index (χ3n) is 6.99. The van der Waals surface area contributed by atoms with Crippen LogP contribution in [0, 0.1) is 0 Å². The highest BCUT2D eigenvalue weighted by molar-refractivity contribution is 7.20. The molecule has 2 aliphatic rings. The summed E-state index contributed by atoms with van der Waals surface area (Å²) in [4.78, 5) is 36.1. The average Bonchev–Trinajstić information content (AvgIpc) is 3.34. The summed E-state index contributed by atoms with van der Waals surface area (Å²) in [6.07, 6.45) is 1.83. The molecule has 0 bridgehead atoms. The molecule has 4 aromatic rings. The van der Waals surface area contributed by atoms with Crippen molar-refractivity contribution in [1.82, 2.24) is 19.8 Å². The predicted molar refractivity (Wildman–Crippen MR) is 147 cm³/mol. The second-order valence-electron chi connectivity index (χ2n) is 9.48. The molecule has 3 N–H and O–H groups in total. The maximum Gasteiger partial charge on any atom is 0.298 e. The van der Waals surface area contributed by atoms with E-state index in [0.717, 1.165) is 43.1 Å². The zero-order chi connectivity index (χ0) is 25.5. The molecule has 1 saturated heterocycles. The van der Waals surface area contributed by atoms with Crippen molar-refractivity contribution in [2.45, 2.75) is 18.9 Å². The minimum absolute atomic E-state index is 0.106. The number of benzene rings is 2. The van der Waals surface area contributed by atoms with E-state index in [1.165, 1.54) is 11.3 Å². The molecule has 190 valence electrons. The van der Waals surface area contributed by atoms with Crippen LogP contribution in [0.2, 0.25) is 0 Å². The van der Waals surface area contributed by atoms with E-state index in [2.05, 4.69) is 27.1 Å². The molecule has 0 spiro atoms. The molecule has 0 radical (unpaired) electrons. The molecule has 1 amide bonds. The lowest BCUT2D eigenvalue weighted by molar-refractivity contribution is 0.0921. The van der Waals surface area contributed by atoms with Gasteiger partial charge in [0, 0.05) is 11.7 Å². The monoisotopic (exact) mass is 516 g/mol. The van der Waals surface area contributed by atoms with Crippen LogP contribution < -0.4 is 26.2 Å². The third-order valence-corrected chi connectivity index (χ3v) is 8.01. The highest BCUT2D eigenvalue weighted by Gasteiger charge is 2.24. The number of nitrogens with two attached hydrogens (primary N) is 1. The van der Waals surface area contributed by atoms with E-state index in [9.17, 15) is 9.59 Å². The van der Waals surface area contributed by atoms with Crippen LogP contribution in [0.3, 0.4) is 0 Å². The van der Waals surface area contributed by atoms with Crippen molar-refractivity contribution in [3.05, 3.63) is 69.8 Å². The Morgan fingerprint density at radius 1 is 1.08 bits per heavy atom. The zero-order valence-electron chi connectivity index (χ0n) is 20.5. The Hall–Kier alpha value is -3.89. The summed E-state index contributed by atoms with van der Waals surface area (Å²) < 4.78 is 7.44. The minimum atomic E-state index is -0.421. The largest absolute Gasteiger partial charge is 0.490 e. The number of para-hydroxylation sites is 1. The van der Waals surface area contributed by atoms with Gasteiger partial charge >= 0.3 is 0 Å². The normalized spacial score (nSPS) is 16.4. The number of anilines is 3. The molecule has 2 aliphatic heterocycles. The van der Waals surface area contributed by atoms with Crippen molar-refractivity contribution in [1.29, 1.82) is 0 Å². The molecule has 0 aliphatic carbocycles. The first-order valence-electron chi connectivity index (χ1n) is 12.4. The highest BCUT2D eigenvalue weighted by atomic mass is 32.1. The molecule has 2 aromatic carbocycles. The van der Waals surface area contributed by atoms with Gasteiger partial charge in [-0.15, -0.1) is 11.3 Å². The second-order valence-corrected chi connectivity index (χ2v) is 10.5. The number of nitrogens with one attached hydrogen (secondary N) is 1. The molecule has 0 unspecified atom stereocenters. The molecular formula is C27H28N6O3S. The Labute approximate surface area is 218 Å². The molecule has 10 heteroatoms. The quantitative estimate of drug-likeness (QED) is 0.428. The van der Waals surface area contributed by atoms with Crippen LogP contribution in [0.4, 0.5) is 17.2 Å². The lowest BCUT2D eigenvalue weighted by Gasteiger charge is -2.31. The van der Waals surface area contributed by atoms with Gasteiger partial charge in [0.25, 0.3) is 11.5 Å². The van der Waals surface area contributed by atoms with Gasteiger partial charge < -0.3 is 25.6 Å². The smallest absolute Gasteiger partial charge is 0.298 e. The minimum Gasteiger partial charge on any atom is -0.490 e. The standard InChI is InChI=1S/C27H28N6O3S/c1-31-11-9-17(10-12-31)29-25(34)23-16-21-26(37-23)30-24(28)27(35)33(21)19-7-8-22-20(15-19)32(13-14-36-22)18-5-3-2-4-6-18/h2-8,15-17H,9-14H2,1H3,(H2,28,30)(H,29,34). The third kappa shape index (κ3) is 4.42. The lowest BCUT2D eigenvalue weighted by Crippen LogP contribution is -2.43. The Morgan fingerprint density at radius 2 is 1.86 bits per heavy atom. The van der Waals surface area contributed by atoms with Crippen LogP contribution in [0.15, 0.2) is 59.4 Å². The van der Waals surface area contributed by atoms with Gasteiger partial charge in [0.2, 0.25) is 0 Å². The number of thiophene rings is 1. The Kier molecular flexibility index (Phi) is 6.05. The number of likely N-dealkylation sites (tertiary alicyclic amines) is 1. The summed E-state index contributed by atoms with van der Waals surface area (Å²) >= 11 is 1.24. The number of aromatic nitrogens is 2. The summed E-state index contributed by atoms with van der Waals surface area (Å²) in [6, 6.07) is 17.6. The van der Waals surface area contributed by atoms with Crippen molar-refractivity contribution >= 4 is 44.8 Å². The average molecular weight is 517 g/mol. The number of amides is 1. The molecule has 37 heavy (non-hydrogen) atoms. The van der Waals surface area contributed by atoms with Crippen molar-refractivity contribution in [3.8, 4) is 11.4 Å². The first-order valence-corrected chi connectivity index (χ1v) is 13.2. The molecule has 6 rings (SSSR count). The number of hydrogen-bond acceptors (Lipinski definition) is 8. The summed E-state index contributed by atoms with van der Waals surface area (Å²) in [5, 5.41) is 3.15. The van der Waals surface area contributed by atoms with E-state index in [1.54, 1.807) is 10.6 Å².